The minimum Gasteiger partial charge on any atom is -0.465 e. The highest BCUT2D eigenvalue weighted by Crippen LogP contribution is 2.65. The Labute approximate surface area is 246 Å². The number of benzene rings is 1. The number of carbonyl (C=O) groups is 3. The molecule has 3 aliphatic rings. The van der Waals surface area contributed by atoms with E-state index < -0.39 is 41.1 Å². The Bertz CT molecular complexity index is 1390. The summed E-state index contributed by atoms with van der Waals surface area (Å²) in [5.41, 5.74) is -0.811. The lowest BCUT2D eigenvalue weighted by molar-refractivity contribution is -0.164. The zero-order valence-corrected chi connectivity index (χ0v) is 24.8. The molecule has 7 atom stereocenters. The SMILES string of the molecule is C=CCCOC(=O)[C@H]1[C@H]2C(=O)N([C@@H](CO)C(C)C)C(C(=O)N(CC=C)Cn3nnc4ccccc43)C23CC(C)[C@]1(C)O3. The molecule has 4 heterocycles. The maximum atomic E-state index is 14.8. The fraction of sp³-hybridized carbons (Fsp3) is 0.581. The number of rotatable bonds is 12. The molecule has 11 heteroatoms. The van der Waals surface area contributed by atoms with Crippen molar-refractivity contribution in [3.8, 4) is 0 Å². The molecule has 3 fully saturated rings. The summed E-state index contributed by atoms with van der Waals surface area (Å²) in [4.78, 5) is 45.9. The molecule has 3 unspecified atom stereocenters. The maximum Gasteiger partial charge on any atom is 0.312 e. The molecule has 0 aliphatic carbocycles. The predicted octanol–water partition coefficient (Wildman–Crippen LogP) is 2.55. The summed E-state index contributed by atoms with van der Waals surface area (Å²) in [5, 5.41) is 19.0. The number of carbonyl (C=O) groups excluding carboxylic acids is 3. The molecule has 0 saturated carbocycles. The number of aliphatic hydroxyl groups excluding tert-OH is 1. The van der Waals surface area contributed by atoms with Crippen LogP contribution in [-0.4, -0.2) is 90.7 Å². The van der Waals surface area contributed by atoms with Gasteiger partial charge in [-0.15, -0.1) is 18.3 Å². The molecule has 42 heavy (non-hydrogen) atoms. The standard InChI is InChI=1S/C31H41N5O6/c1-7-9-15-41-29(40)25-24-27(38)36(23(17-37)19(3)4)26(31(24)16-20(5)30(25,6)42-31)28(39)34(14-8-2)18-35-22-13-11-10-12-21(22)32-33-35/h7-8,10-13,19-20,23-26,37H,1-2,9,14-18H2,3-6H3/t20?,23-,24-,25+,26?,30-,31?/m0/s1. The first-order valence-corrected chi connectivity index (χ1v) is 14.6. The molecule has 11 nitrogen and oxygen atoms in total. The van der Waals surface area contributed by atoms with Crippen LogP contribution in [0.5, 0.6) is 0 Å². The van der Waals surface area contributed by atoms with Crippen molar-refractivity contribution in [3.63, 3.8) is 0 Å². The van der Waals surface area contributed by atoms with Crippen LogP contribution in [0.3, 0.4) is 0 Å². The zero-order chi connectivity index (χ0) is 30.4. The van der Waals surface area contributed by atoms with Crippen molar-refractivity contribution in [1.29, 1.82) is 0 Å². The molecule has 1 N–H and O–H groups in total. The number of amides is 2. The molecule has 2 amide bonds. The summed E-state index contributed by atoms with van der Waals surface area (Å²) in [6, 6.07) is 5.73. The molecule has 2 aromatic rings. The number of likely N-dealkylation sites (tertiary alicyclic amines) is 1. The number of hydrogen-bond acceptors (Lipinski definition) is 8. The normalized spacial score (nSPS) is 30.5. The third-order valence-electron chi connectivity index (χ3n) is 9.51. The van der Waals surface area contributed by atoms with E-state index in [9.17, 15) is 19.5 Å². The third kappa shape index (κ3) is 4.44. The van der Waals surface area contributed by atoms with Gasteiger partial charge in [-0.1, -0.05) is 50.3 Å². The Morgan fingerprint density at radius 1 is 1.29 bits per heavy atom. The van der Waals surface area contributed by atoms with Crippen LogP contribution in [0.1, 0.15) is 40.5 Å². The highest BCUT2D eigenvalue weighted by atomic mass is 16.6. The van der Waals surface area contributed by atoms with Crippen LogP contribution in [0.2, 0.25) is 0 Å². The first-order chi connectivity index (χ1) is 20.0. The van der Waals surface area contributed by atoms with Gasteiger partial charge in [0.2, 0.25) is 11.8 Å². The monoisotopic (exact) mass is 579 g/mol. The molecule has 3 saturated heterocycles. The first-order valence-electron chi connectivity index (χ1n) is 14.6. The molecule has 2 bridgehead atoms. The molecular weight excluding hydrogens is 538 g/mol. The average molecular weight is 580 g/mol. The summed E-state index contributed by atoms with van der Waals surface area (Å²) >= 11 is 0. The van der Waals surface area contributed by atoms with E-state index in [4.69, 9.17) is 9.47 Å². The largest absolute Gasteiger partial charge is 0.465 e. The number of esters is 1. The van der Waals surface area contributed by atoms with E-state index in [2.05, 4.69) is 23.5 Å². The van der Waals surface area contributed by atoms with Gasteiger partial charge in [-0.3, -0.25) is 14.4 Å². The fourth-order valence-electron chi connectivity index (χ4n) is 7.35. The van der Waals surface area contributed by atoms with E-state index >= 15 is 0 Å². The lowest BCUT2D eigenvalue weighted by atomic mass is 9.62. The van der Waals surface area contributed by atoms with Gasteiger partial charge in [0, 0.05) is 6.54 Å². The Hall–Kier alpha value is -3.57. The van der Waals surface area contributed by atoms with Crippen molar-refractivity contribution in [1.82, 2.24) is 24.8 Å². The maximum absolute atomic E-state index is 14.8. The van der Waals surface area contributed by atoms with Gasteiger partial charge >= 0.3 is 5.97 Å². The van der Waals surface area contributed by atoms with E-state index in [1.54, 1.807) is 21.7 Å². The summed E-state index contributed by atoms with van der Waals surface area (Å²) < 4.78 is 14.0. The van der Waals surface area contributed by atoms with Crippen LogP contribution in [0, 0.1) is 23.7 Å². The van der Waals surface area contributed by atoms with Gasteiger partial charge in [0.1, 0.15) is 29.7 Å². The molecule has 5 rings (SSSR count). The topological polar surface area (TPSA) is 127 Å². The molecule has 226 valence electrons. The lowest BCUT2D eigenvalue weighted by Crippen LogP contribution is -2.60. The highest BCUT2D eigenvalue weighted by molar-refractivity contribution is 5.99. The van der Waals surface area contributed by atoms with Crippen molar-refractivity contribution in [3.05, 3.63) is 49.6 Å². The number of hydrogen-bond donors (Lipinski definition) is 1. The van der Waals surface area contributed by atoms with Crippen molar-refractivity contribution >= 4 is 28.8 Å². The number of aliphatic hydroxyl groups is 1. The van der Waals surface area contributed by atoms with Crippen molar-refractivity contribution in [2.45, 2.75) is 70.5 Å². The Morgan fingerprint density at radius 3 is 2.69 bits per heavy atom. The fourth-order valence-corrected chi connectivity index (χ4v) is 7.35. The van der Waals surface area contributed by atoms with Gasteiger partial charge in [0.05, 0.1) is 36.3 Å². The highest BCUT2D eigenvalue weighted by Gasteiger charge is 2.80. The smallest absolute Gasteiger partial charge is 0.312 e. The van der Waals surface area contributed by atoms with Crippen molar-refractivity contribution < 1.29 is 29.0 Å². The molecule has 1 aromatic heterocycles. The Kier molecular flexibility index (Phi) is 8.02. The van der Waals surface area contributed by atoms with Gasteiger partial charge in [0.15, 0.2) is 0 Å². The number of fused-ring (bicyclic) bond motifs is 2. The molecule has 1 spiro atoms. The van der Waals surface area contributed by atoms with Crippen LogP contribution in [0.4, 0.5) is 0 Å². The van der Waals surface area contributed by atoms with Crippen LogP contribution in [0.25, 0.3) is 11.0 Å². The summed E-state index contributed by atoms with van der Waals surface area (Å²) in [5.74, 6) is -3.35. The lowest BCUT2D eigenvalue weighted by Gasteiger charge is -2.40. The van der Waals surface area contributed by atoms with Gasteiger partial charge in [-0.25, -0.2) is 4.68 Å². The number of para-hydroxylation sites is 1. The second kappa shape index (κ2) is 11.3. The van der Waals surface area contributed by atoms with E-state index in [0.29, 0.717) is 18.4 Å². The van der Waals surface area contributed by atoms with Crippen LogP contribution < -0.4 is 0 Å². The van der Waals surface area contributed by atoms with Crippen molar-refractivity contribution in [2.75, 3.05) is 19.8 Å². The molecule has 1 aromatic carbocycles. The van der Waals surface area contributed by atoms with Gasteiger partial charge in [0.25, 0.3) is 0 Å². The van der Waals surface area contributed by atoms with E-state index in [0.717, 1.165) is 5.52 Å². The Balaban J connectivity index is 1.59. The average Bonchev–Trinajstić information content (AvgIpc) is 3.62. The quantitative estimate of drug-likeness (QED) is 0.231. The minimum absolute atomic E-state index is 0.0654. The number of aromatic nitrogens is 3. The summed E-state index contributed by atoms with van der Waals surface area (Å²) in [6.07, 6.45) is 4.17. The Morgan fingerprint density at radius 2 is 2.02 bits per heavy atom. The summed E-state index contributed by atoms with van der Waals surface area (Å²) in [6.45, 7) is 15.2. The van der Waals surface area contributed by atoms with Crippen molar-refractivity contribution in [2.24, 2.45) is 23.7 Å². The van der Waals surface area contributed by atoms with Gasteiger partial charge < -0.3 is 24.4 Å². The van der Waals surface area contributed by atoms with Gasteiger partial charge in [-0.2, -0.15) is 0 Å². The second-order valence-electron chi connectivity index (χ2n) is 12.3. The van der Waals surface area contributed by atoms with E-state index in [1.165, 1.54) is 4.90 Å². The summed E-state index contributed by atoms with van der Waals surface area (Å²) in [7, 11) is 0. The molecule has 3 aliphatic heterocycles. The first kappa shape index (κ1) is 29.9. The second-order valence-corrected chi connectivity index (χ2v) is 12.3. The van der Waals surface area contributed by atoms with E-state index in [-0.39, 0.29) is 50.1 Å². The van der Waals surface area contributed by atoms with Crippen LogP contribution in [0.15, 0.2) is 49.6 Å². The van der Waals surface area contributed by atoms with Crippen LogP contribution in [-0.2, 0) is 30.5 Å². The zero-order valence-electron chi connectivity index (χ0n) is 24.8. The third-order valence-corrected chi connectivity index (χ3v) is 9.51. The molecular formula is C31H41N5O6. The predicted molar refractivity (Wildman–Crippen MR) is 155 cm³/mol. The van der Waals surface area contributed by atoms with Gasteiger partial charge in [-0.05, 0) is 43.7 Å². The number of nitrogens with zero attached hydrogens (tertiary/aromatic N) is 5. The number of ether oxygens (including phenoxy) is 2. The van der Waals surface area contributed by atoms with E-state index in [1.807, 2.05) is 52.0 Å². The minimum atomic E-state index is -1.27. The molecule has 0 radical (unpaired) electrons. The van der Waals surface area contributed by atoms with Crippen LogP contribution >= 0.6 is 0 Å².